The van der Waals surface area contributed by atoms with Crippen LogP contribution in [-0.2, 0) is 4.79 Å². The molecule has 1 atom stereocenters. The lowest BCUT2D eigenvalue weighted by atomic mass is 10.1. The SMILES string of the molecule is C=CC(=O)N1CC[C@@H](n2nc(-c3ccc(Oc4ccc(C)c([N+](=O)[O-])c4)cc3)c(C(N)=O)c2N)C1. The van der Waals surface area contributed by atoms with Crippen molar-refractivity contribution in [1.82, 2.24) is 14.7 Å². The number of aryl methyl sites for hydroxylation is 1. The lowest BCUT2D eigenvalue weighted by Gasteiger charge is -2.15. The second kappa shape index (κ2) is 9.29. The molecule has 11 nitrogen and oxygen atoms in total. The Morgan fingerprint density at radius 1 is 1.23 bits per heavy atom. The van der Waals surface area contributed by atoms with Crippen molar-refractivity contribution in [3.05, 3.63) is 76.4 Å². The smallest absolute Gasteiger partial charge is 0.276 e. The number of ether oxygens (including phenoxy) is 1. The molecule has 1 aromatic heterocycles. The summed E-state index contributed by atoms with van der Waals surface area (Å²) in [4.78, 5) is 36.5. The standard InChI is InChI=1S/C24H24N6O5/c1-3-20(31)28-11-10-16(13-28)29-23(25)21(24(26)32)22(27-29)15-5-8-17(9-6-15)35-18-7-4-14(2)19(12-18)30(33)34/h3-9,12,16H,1,10-11,13,25H2,2H3,(H2,26,32)/t16-/m1/s1. The molecule has 0 unspecified atom stereocenters. The topological polar surface area (TPSA) is 160 Å². The van der Waals surface area contributed by atoms with Gasteiger partial charge >= 0.3 is 0 Å². The Morgan fingerprint density at radius 3 is 2.54 bits per heavy atom. The lowest BCUT2D eigenvalue weighted by molar-refractivity contribution is -0.385. The number of primary amides is 1. The molecular weight excluding hydrogens is 452 g/mol. The molecule has 4 rings (SSSR count). The summed E-state index contributed by atoms with van der Waals surface area (Å²) in [6.45, 7) is 6.08. The fourth-order valence-electron chi connectivity index (χ4n) is 4.11. The summed E-state index contributed by atoms with van der Waals surface area (Å²) in [6, 6.07) is 11.1. The number of hydrogen-bond acceptors (Lipinski definition) is 7. The van der Waals surface area contributed by atoms with Gasteiger partial charge in [0.05, 0.1) is 17.0 Å². The number of nitro benzene ring substituents is 1. The molecule has 1 aliphatic heterocycles. The minimum absolute atomic E-state index is 0.0356. The molecule has 2 aromatic carbocycles. The van der Waals surface area contributed by atoms with Gasteiger partial charge in [-0.25, -0.2) is 4.68 Å². The molecule has 0 radical (unpaired) electrons. The van der Waals surface area contributed by atoms with Gasteiger partial charge in [-0.2, -0.15) is 5.10 Å². The largest absolute Gasteiger partial charge is 0.457 e. The van der Waals surface area contributed by atoms with Gasteiger partial charge < -0.3 is 21.1 Å². The fourth-order valence-corrected chi connectivity index (χ4v) is 4.11. The van der Waals surface area contributed by atoms with Gasteiger partial charge in [-0.05, 0) is 55.8 Å². The molecule has 4 N–H and O–H groups in total. The van der Waals surface area contributed by atoms with E-state index in [4.69, 9.17) is 16.2 Å². The van der Waals surface area contributed by atoms with Crippen molar-refractivity contribution >= 4 is 23.3 Å². The van der Waals surface area contributed by atoms with Crippen molar-refractivity contribution in [3.8, 4) is 22.8 Å². The van der Waals surface area contributed by atoms with Crippen molar-refractivity contribution in [2.45, 2.75) is 19.4 Å². The van der Waals surface area contributed by atoms with Crippen molar-refractivity contribution in [3.63, 3.8) is 0 Å². The zero-order chi connectivity index (χ0) is 25.3. The highest BCUT2D eigenvalue weighted by Gasteiger charge is 2.31. The highest BCUT2D eigenvalue weighted by Crippen LogP contribution is 2.34. The summed E-state index contributed by atoms with van der Waals surface area (Å²) in [5.41, 5.74) is 13.4. The molecule has 0 spiro atoms. The fraction of sp³-hybridized carbons (Fsp3) is 0.208. The average Bonchev–Trinajstić information content (AvgIpc) is 3.45. The molecule has 0 saturated carbocycles. The Kier molecular flexibility index (Phi) is 6.24. The van der Waals surface area contributed by atoms with Gasteiger partial charge in [-0.15, -0.1) is 0 Å². The van der Waals surface area contributed by atoms with Crippen LogP contribution in [0.3, 0.4) is 0 Å². The van der Waals surface area contributed by atoms with E-state index in [1.165, 1.54) is 12.1 Å². The summed E-state index contributed by atoms with van der Waals surface area (Å²) in [5, 5.41) is 15.7. The maximum absolute atomic E-state index is 12.2. The minimum atomic E-state index is -0.715. The van der Waals surface area contributed by atoms with Crippen LogP contribution in [0.1, 0.15) is 28.4 Å². The summed E-state index contributed by atoms with van der Waals surface area (Å²) >= 11 is 0. The highest BCUT2D eigenvalue weighted by atomic mass is 16.6. The van der Waals surface area contributed by atoms with Crippen molar-refractivity contribution in [2.24, 2.45) is 5.73 Å². The first-order valence-corrected chi connectivity index (χ1v) is 10.8. The Hall–Kier alpha value is -4.67. The third-order valence-corrected chi connectivity index (χ3v) is 5.93. The third kappa shape index (κ3) is 4.56. The van der Waals surface area contributed by atoms with E-state index in [0.717, 1.165) is 0 Å². The van der Waals surface area contributed by atoms with Crippen LogP contribution in [0.5, 0.6) is 11.5 Å². The number of nitrogens with zero attached hydrogens (tertiary/aromatic N) is 4. The van der Waals surface area contributed by atoms with Crippen molar-refractivity contribution in [1.29, 1.82) is 0 Å². The Morgan fingerprint density at radius 2 is 1.91 bits per heavy atom. The van der Waals surface area contributed by atoms with Crippen LogP contribution in [-0.4, -0.2) is 44.5 Å². The van der Waals surface area contributed by atoms with E-state index < -0.39 is 10.8 Å². The maximum Gasteiger partial charge on any atom is 0.276 e. The van der Waals surface area contributed by atoms with Gasteiger partial charge in [0.25, 0.3) is 11.6 Å². The van der Waals surface area contributed by atoms with Gasteiger partial charge in [0.1, 0.15) is 28.6 Å². The Balaban J connectivity index is 1.61. The van der Waals surface area contributed by atoms with Gasteiger partial charge in [0.15, 0.2) is 0 Å². The van der Waals surface area contributed by atoms with E-state index in [9.17, 15) is 19.7 Å². The molecule has 180 valence electrons. The molecular formula is C24H24N6O5. The number of carbonyl (C=O) groups is 2. The second-order valence-electron chi connectivity index (χ2n) is 8.18. The van der Waals surface area contributed by atoms with Gasteiger partial charge in [-0.1, -0.05) is 6.58 Å². The van der Waals surface area contributed by atoms with Crippen molar-refractivity contribution < 1.29 is 19.2 Å². The van der Waals surface area contributed by atoms with Crippen LogP contribution in [0.2, 0.25) is 0 Å². The number of hydrogen-bond donors (Lipinski definition) is 2. The van der Waals surface area contributed by atoms with E-state index in [1.54, 1.807) is 52.9 Å². The van der Waals surface area contributed by atoms with Crippen molar-refractivity contribution in [2.75, 3.05) is 18.8 Å². The molecule has 3 aromatic rings. The number of aromatic nitrogens is 2. The minimum Gasteiger partial charge on any atom is -0.457 e. The quantitative estimate of drug-likeness (QED) is 0.301. The molecule has 2 amide bonds. The number of benzene rings is 2. The van der Waals surface area contributed by atoms with Gasteiger partial charge in [0, 0.05) is 24.2 Å². The van der Waals surface area contributed by atoms with E-state index >= 15 is 0 Å². The van der Waals surface area contributed by atoms with E-state index in [0.29, 0.717) is 47.8 Å². The monoisotopic (exact) mass is 476 g/mol. The van der Waals surface area contributed by atoms with Crippen LogP contribution >= 0.6 is 0 Å². The molecule has 35 heavy (non-hydrogen) atoms. The number of nitrogens with two attached hydrogens (primary N) is 2. The predicted molar refractivity (Wildman–Crippen MR) is 129 cm³/mol. The summed E-state index contributed by atoms with van der Waals surface area (Å²) in [6.07, 6.45) is 1.88. The second-order valence-corrected chi connectivity index (χ2v) is 8.18. The summed E-state index contributed by atoms with van der Waals surface area (Å²) in [5.74, 6) is 0.00406. The first-order valence-electron chi connectivity index (χ1n) is 10.8. The number of anilines is 1. The first-order chi connectivity index (χ1) is 16.7. The molecule has 2 heterocycles. The van der Waals surface area contributed by atoms with E-state index in [-0.39, 0.29) is 29.0 Å². The number of carbonyl (C=O) groups excluding carboxylic acids is 2. The molecule has 0 aliphatic carbocycles. The number of amides is 2. The molecule has 1 saturated heterocycles. The van der Waals surface area contributed by atoms with Gasteiger partial charge in [-0.3, -0.25) is 19.7 Å². The highest BCUT2D eigenvalue weighted by molar-refractivity contribution is 6.03. The Bertz CT molecular complexity index is 1330. The van der Waals surface area contributed by atoms with E-state index in [1.807, 2.05) is 0 Å². The van der Waals surface area contributed by atoms with E-state index in [2.05, 4.69) is 11.7 Å². The molecule has 0 bridgehead atoms. The number of rotatable bonds is 7. The lowest BCUT2D eigenvalue weighted by Crippen LogP contribution is -2.27. The van der Waals surface area contributed by atoms with Gasteiger partial charge in [0.2, 0.25) is 5.91 Å². The van der Waals surface area contributed by atoms with Crippen LogP contribution in [0, 0.1) is 17.0 Å². The van der Waals surface area contributed by atoms with Crippen LogP contribution in [0.15, 0.2) is 55.1 Å². The van der Waals surface area contributed by atoms with Crippen LogP contribution in [0.4, 0.5) is 11.5 Å². The van der Waals surface area contributed by atoms with Crippen LogP contribution < -0.4 is 16.2 Å². The zero-order valence-corrected chi connectivity index (χ0v) is 19.0. The predicted octanol–water partition coefficient (Wildman–Crippen LogP) is 3.20. The molecule has 1 aliphatic rings. The zero-order valence-electron chi connectivity index (χ0n) is 19.0. The summed E-state index contributed by atoms with van der Waals surface area (Å²) in [7, 11) is 0. The number of likely N-dealkylation sites (tertiary alicyclic amines) is 1. The first kappa shape index (κ1) is 23.5. The average molecular weight is 476 g/mol. The maximum atomic E-state index is 12.2. The summed E-state index contributed by atoms with van der Waals surface area (Å²) < 4.78 is 7.30. The molecule has 1 fully saturated rings. The van der Waals surface area contributed by atoms with Crippen LogP contribution in [0.25, 0.3) is 11.3 Å². The number of nitrogen functional groups attached to an aromatic ring is 1. The molecule has 11 heteroatoms. The third-order valence-electron chi connectivity index (χ3n) is 5.93. The Labute approximate surface area is 200 Å². The number of nitro groups is 1. The normalized spacial score (nSPS) is 15.1.